The van der Waals surface area contributed by atoms with Crippen molar-refractivity contribution in [3.8, 4) is 11.1 Å². The highest BCUT2D eigenvalue weighted by molar-refractivity contribution is 5.76. The van der Waals surface area contributed by atoms with E-state index in [-0.39, 0.29) is 0 Å². The van der Waals surface area contributed by atoms with Gasteiger partial charge in [0.15, 0.2) is 0 Å². The highest BCUT2D eigenvalue weighted by atomic mass is 14.8. The fraction of sp³-hybridized carbons (Fsp3) is 0.636. The van der Waals surface area contributed by atoms with Crippen LogP contribution in [0.1, 0.15) is 80.4 Å². The van der Waals surface area contributed by atoms with Crippen molar-refractivity contribution in [2.75, 3.05) is 65.4 Å². The first-order valence-corrected chi connectivity index (χ1v) is 15.2. The molecule has 38 heavy (non-hydrogen) atoms. The van der Waals surface area contributed by atoms with Crippen LogP contribution in [0.5, 0.6) is 0 Å². The van der Waals surface area contributed by atoms with Gasteiger partial charge >= 0.3 is 0 Å². The largest absolute Gasteiger partial charge is 0.317 e. The molecule has 0 radical (unpaired) electrons. The van der Waals surface area contributed by atoms with Crippen molar-refractivity contribution in [2.45, 2.75) is 75.7 Å². The van der Waals surface area contributed by atoms with Crippen molar-refractivity contribution in [1.82, 2.24) is 26.6 Å². The zero-order chi connectivity index (χ0) is 29.3. The average Bonchev–Trinajstić information content (AvgIpc) is 3.32. The molecule has 1 aliphatic rings. The molecule has 2 aromatic carbocycles. The van der Waals surface area contributed by atoms with Gasteiger partial charge in [0, 0.05) is 0 Å². The molecule has 0 fully saturated rings. The van der Waals surface area contributed by atoms with Gasteiger partial charge in [-0.3, -0.25) is 0 Å². The van der Waals surface area contributed by atoms with Gasteiger partial charge in [-0.25, -0.2) is 0 Å². The Balaban J connectivity index is -0.000000422. The van der Waals surface area contributed by atoms with E-state index in [0.717, 1.165) is 71.9 Å². The molecular formula is C33H65N5. The van der Waals surface area contributed by atoms with E-state index in [1.807, 2.05) is 0 Å². The van der Waals surface area contributed by atoms with Crippen LogP contribution in [0.15, 0.2) is 48.5 Å². The third-order valence-electron chi connectivity index (χ3n) is 5.21. The van der Waals surface area contributed by atoms with Crippen molar-refractivity contribution in [3.05, 3.63) is 59.7 Å². The molecular weight excluding hydrogens is 466 g/mol. The molecule has 0 bridgehead atoms. The highest BCUT2D eigenvalue weighted by Gasteiger charge is 2.15. The maximum atomic E-state index is 3.11. The van der Waals surface area contributed by atoms with Crippen LogP contribution in [0.4, 0.5) is 0 Å². The van der Waals surface area contributed by atoms with Crippen LogP contribution in [-0.4, -0.2) is 65.4 Å². The summed E-state index contributed by atoms with van der Waals surface area (Å²) in [6.45, 7) is 31.9. The zero-order valence-corrected chi connectivity index (χ0v) is 26.9. The molecule has 0 spiro atoms. The third-order valence-corrected chi connectivity index (χ3v) is 5.21. The lowest BCUT2D eigenvalue weighted by molar-refractivity contribution is 0.762. The molecule has 0 unspecified atom stereocenters. The second-order valence-corrected chi connectivity index (χ2v) is 8.28. The van der Waals surface area contributed by atoms with Crippen molar-refractivity contribution < 1.29 is 0 Å². The summed E-state index contributed by atoms with van der Waals surface area (Å²) in [5, 5.41) is 15.6. The van der Waals surface area contributed by atoms with Crippen molar-refractivity contribution in [1.29, 1.82) is 0 Å². The smallest absolute Gasteiger partial charge is 0.00135 e. The molecule has 0 saturated heterocycles. The molecule has 5 nitrogen and oxygen atoms in total. The summed E-state index contributed by atoms with van der Waals surface area (Å²) in [4.78, 5) is 0. The molecule has 0 heterocycles. The van der Waals surface area contributed by atoms with E-state index in [9.17, 15) is 0 Å². The second kappa shape index (κ2) is 35.2. The van der Waals surface area contributed by atoms with E-state index in [0.29, 0.717) is 0 Å². The second-order valence-electron chi connectivity index (χ2n) is 8.28. The first-order chi connectivity index (χ1) is 18.5. The lowest BCUT2D eigenvalue weighted by atomic mass is 10.1. The molecule has 0 amide bonds. The quantitative estimate of drug-likeness (QED) is 0.211. The van der Waals surface area contributed by atoms with Gasteiger partial charge in [0.05, 0.1) is 0 Å². The minimum atomic E-state index is 1.09. The van der Waals surface area contributed by atoms with Crippen molar-refractivity contribution in [2.24, 2.45) is 0 Å². The van der Waals surface area contributed by atoms with Gasteiger partial charge < -0.3 is 26.6 Å². The Morgan fingerprint density at radius 3 is 0.763 bits per heavy atom. The molecule has 0 aromatic heterocycles. The molecule has 2 aromatic rings. The molecule has 5 N–H and O–H groups in total. The molecule has 3 rings (SSSR count). The van der Waals surface area contributed by atoms with Gasteiger partial charge in [-0.05, 0) is 94.1 Å². The van der Waals surface area contributed by atoms with Crippen LogP contribution in [0.3, 0.4) is 0 Å². The van der Waals surface area contributed by atoms with E-state index in [1.54, 1.807) is 0 Å². The molecule has 1 aliphatic carbocycles. The summed E-state index contributed by atoms with van der Waals surface area (Å²) in [5.41, 5.74) is 5.75. The van der Waals surface area contributed by atoms with E-state index in [4.69, 9.17) is 0 Å². The van der Waals surface area contributed by atoms with Crippen molar-refractivity contribution >= 4 is 0 Å². The predicted octanol–water partition coefficient (Wildman–Crippen LogP) is 6.34. The Bertz CT molecular complexity index is 602. The van der Waals surface area contributed by atoms with Gasteiger partial charge in [0.2, 0.25) is 0 Å². The first-order valence-electron chi connectivity index (χ1n) is 15.2. The van der Waals surface area contributed by atoms with E-state index < -0.39 is 0 Å². The van der Waals surface area contributed by atoms with Gasteiger partial charge in [-0.2, -0.15) is 0 Å². The number of hydrogen-bond donors (Lipinski definition) is 5. The Morgan fingerprint density at radius 2 is 0.579 bits per heavy atom. The summed E-state index contributed by atoms with van der Waals surface area (Å²) in [7, 11) is 0. The molecule has 222 valence electrons. The van der Waals surface area contributed by atoms with Crippen LogP contribution in [-0.2, 0) is 6.42 Å². The third kappa shape index (κ3) is 25.9. The Hall–Kier alpha value is -1.76. The number of hydrogen-bond acceptors (Lipinski definition) is 5. The van der Waals surface area contributed by atoms with Crippen LogP contribution in [0, 0.1) is 0 Å². The summed E-state index contributed by atoms with van der Waals surface area (Å²) in [5.74, 6) is 0. The summed E-state index contributed by atoms with van der Waals surface area (Å²) in [6.07, 6.45) is 1.10. The molecule has 0 saturated carbocycles. The monoisotopic (exact) mass is 532 g/mol. The minimum absolute atomic E-state index is 1.09. The van der Waals surface area contributed by atoms with E-state index >= 15 is 0 Å². The minimum Gasteiger partial charge on any atom is -0.317 e. The summed E-state index contributed by atoms with van der Waals surface area (Å²) < 4.78 is 0. The van der Waals surface area contributed by atoms with Crippen LogP contribution in [0.25, 0.3) is 11.1 Å². The van der Waals surface area contributed by atoms with E-state index in [1.165, 1.54) is 22.3 Å². The fourth-order valence-corrected chi connectivity index (χ4v) is 3.33. The van der Waals surface area contributed by atoms with Gasteiger partial charge in [0.25, 0.3) is 0 Å². The van der Waals surface area contributed by atoms with Gasteiger partial charge in [0.1, 0.15) is 0 Å². The number of rotatable bonds is 10. The Kier molecular flexibility index (Phi) is 37.8. The number of benzene rings is 2. The maximum absolute atomic E-state index is 3.11. The molecule has 0 atom stereocenters. The lowest BCUT2D eigenvalue weighted by Crippen LogP contribution is -2.09. The first kappa shape index (κ1) is 40.7. The molecule has 0 aliphatic heterocycles. The van der Waals surface area contributed by atoms with Gasteiger partial charge in [-0.1, -0.05) is 118 Å². The number of nitrogens with one attached hydrogen (secondary N) is 5. The van der Waals surface area contributed by atoms with Gasteiger partial charge in [-0.15, -0.1) is 0 Å². The summed E-state index contributed by atoms with van der Waals surface area (Å²) in [6, 6.07) is 17.3. The van der Waals surface area contributed by atoms with Crippen LogP contribution in [0.2, 0.25) is 0 Å². The Morgan fingerprint density at radius 1 is 0.368 bits per heavy atom. The molecule has 5 heteroatoms. The fourth-order valence-electron chi connectivity index (χ4n) is 3.33. The SMILES string of the molecule is CCNCC.CCNCC.CCNCC.CCNCC.CCNCC.c1ccc2c(c1)Cc1ccccc1-2. The number of fused-ring (bicyclic) bond motifs is 3. The normalized spacial score (nSPS) is 9.74. The standard InChI is InChI=1S/C13H10.5C4H11N/c1-3-7-12-10(5-1)9-11-6-2-4-8-13(11)12;5*1-3-5-4-2/h1-8H,9H2;5*5H,3-4H2,1-2H3. The maximum Gasteiger partial charge on any atom is -0.00135 e. The summed E-state index contributed by atoms with van der Waals surface area (Å²) >= 11 is 0. The van der Waals surface area contributed by atoms with E-state index in [2.05, 4.69) is 144 Å². The Labute approximate surface area is 238 Å². The topological polar surface area (TPSA) is 60.1 Å². The van der Waals surface area contributed by atoms with Crippen LogP contribution >= 0.6 is 0 Å². The lowest BCUT2D eigenvalue weighted by Gasteiger charge is -1.98. The predicted molar refractivity (Wildman–Crippen MR) is 176 cm³/mol. The average molecular weight is 532 g/mol. The highest BCUT2D eigenvalue weighted by Crippen LogP contribution is 2.35. The van der Waals surface area contributed by atoms with Crippen LogP contribution < -0.4 is 26.6 Å². The van der Waals surface area contributed by atoms with Crippen molar-refractivity contribution in [3.63, 3.8) is 0 Å². The zero-order valence-electron chi connectivity index (χ0n) is 26.9.